The van der Waals surface area contributed by atoms with Gasteiger partial charge in [0.05, 0.1) is 0 Å². The fraction of sp³-hybridized carbons (Fsp3) is 0.625. The SMILES string of the molecule is CCCCCCCC/C=C\CCCCCCCC(=O)Oc1ccccc1.[SnH2]. The maximum atomic E-state index is 11.7. The molecule has 1 aromatic carbocycles. The molecule has 0 unspecified atom stereocenters. The predicted molar refractivity (Wildman–Crippen MR) is 120 cm³/mol. The minimum atomic E-state index is -0.117. The van der Waals surface area contributed by atoms with E-state index in [-0.39, 0.29) is 29.9 Å². The Balaban J connectivity index is 0.00000676. The number of ether oxygens (including phenoxy) is 1. The Hall–Kier alpha value is -0.771. The first-order valence-electron chi connectivity index (χ1n) is 10.7. The number of carbonyl (C=O) groups excluding carboxylic acids is 1. The molecule has 152 valence electrons. The first-order chi connectivity index (χ1) is 12.8. The van der Waals surface area contributed by atoms with Gasteiger partial charge < -0.3 is 4.74 Å². The van der Waals surface area contributed by atoms with Crippen LogP contribution in [0.25, 0.3) is 0 Å². The van der Waals surface area contributed by atoms with Crippen molar-refractivity contribution in [2.75, 3.05) is 0 Å². The monoisotopic (exact) mass is 480 g/mol. The summed E-state index contributed by atoms with van der Waals surface area (Å²) in [6, 6.07) is 9.31. The van der Waals surface area contributed by atoms with E-state index < -0.39 is 0 Å². The first kappa shape index (κ1) is 26.2. The Bertz CT molecular complexity index is 471. The Kier molecular flexibility index (Phi) is 19.4. The molecule has 0 saturated carbocycles. The number of hydrogen-bond acceptors (Lipinski definition) is 2. The molecular weight excluding hydrogens is 439 g/mol. The number of hydrogen-bond donors (Lipinski definition) is 0. The summed E-state index contributed by atoms with van der Waals surface area (Å²) in [6.45, 7) is 2.27. The van der Waals surface area contributed by atoms with Crippen LogP contribution >= 0.6 is 0 Å². The van der Waals surface area contributed by atoms with E-state index in [1.54, 1.807) is 0 Å². The van der Waals surface area contributed by atoms with Crippen molar-refractivity contribution in [3.8, 4) is 5.75 Å². The Morgan fingerprint density at radius 3 is 1.89 bits per heavy atom. The molecule has 0 bridgehead atoms. The molecule has 0 atom stereocenters. The number of carbonyl (C=O) groups is 1. The second-order valence-corrected chi connectivity index (χ2v) is 7.12. The zero-order valence-electron chi connectivity index (χ0n) is 17.5. The van der Waals surface area contributed by atoms with Crippen molar-refractivity contribution in [3.05, 3.63) is 42.5 Å². The molecular formula is C24H40O2Sn. The molecule has 0 aliphatic carbocycles. The molecule has 0 heterocycles. The number of esters is 1. The van der Waals surface area contributed by atoms with Gasteiger partial charge >= 0.3 is 29.9 Å². The van der Waals surface area contributed by atoms with Gasteiger partial charge in [0.2, 0.25) is 0 Å². The maximum absolute atomic E-state index is 11.7. The van der Waals surface area contributed by atoms with Gasteiger partial charge in [0, 0.05) is 6.42 Å². The van der Waals surface area contributed by atoms with Crippen LogP contribution in [0.1, 0.15) is 96.8 Å². The third-order valence-corrected chi connectivity index (χ3v) is 4.62. The van der Waals surface area contributed by atoms with Gasteiger partial charge in [-0.25, -0.2) is 0 Å². The van der Waals surface area contributed by atoms with Crippen molar-refractivity contribution in [2.45, 2.75) is 96.8 Å². The van der Waals surface area contributed by atoms with Crippen molar-refractivity contribution in [1.29, 1.82) is 0 Å². The third kappa shape index (κ3) is 17.1. The van der Waals surface area contributed by atoms with Crippen LogP contribution in [-0.4, -0.2) is 29.9 Å². The van der Waals surface area contributed by atoms with Crippen molar-refractivity contribution < 1.29 is 9.53 Å². The first-order valence-corrected chi connectivity index (χ1v) is 10.7. The molecule has 2 nitrogen and oxygen atoms in total. The molecule has 1 rings (SSSR count). The van der Waals surface area contributed by atoms with Crippen LogP contribution in [0.2, 0.25) is 0 Å². The molecule has 0 aromatic heterocycles. The molecule has 2 radical (unpaired) electrons. The average molecular weight is 479 g/mol. The van der Waals surface area contributed by atoms with Crippen LogP contribution in [0.4, 0.5) is 0 Å². The molecule has 3 heteroatoms. The number of para-hydroxylation sites is 1. The van der Waals surface area contributed by atoms with E-state index in [0.29, 0.717) is 12.2 Å². The molecule has 0 amide bonds. The van der Waals surface area contributed by atoms with Crippen LogP contribution in [0.5, 0.6) is 5.75 Å². The van der Waals surface area contributed by atoms with Gasteiger partial charge in [0.25, 0.3) is 0 Å². The second-order valence-electron chi connectivity index (χ2n) is 7.12. The van der Waals surface area contributed by atoms with E-state index in [0.717, 1.165) is 12.8 Å². The van der Waals surface area contributed by atoms with Crippen LogP contribution in [0.15, 0.2) is 42.5 Å². The fourth-order valence-corrected chi connectivity index (χ4v) is 3.01. The minimum absolute atomic E-state index is 0. The van der Waals surface area contributed by atoms with Crippen molar-refractivity contribution in [3.63, 3.8) is 0 Å². The van der Waals surface area contributed by atoms with Gasteiger partial charge in [0.1, 0.15) is 5.75 Å². The van der Waals surface area contributed by atoms with E-state index >= 15 is 0 Å². The normalized spacial score (nSPS) is 10.7. The predicted octanol–water partition coefficient (Wildman–Crippen LogP) is 6.71. The summed E-state index contributed by atoms with van der Waals surface area (Å²) >= 11 is 0. The van der Waals surface area contributed by atoms with Crippen molar-refractivity contribution in [1.82, 2.24) is 0 Å². The second kappa shape index (κ2) is 20.0. The fourth-order valence-electron chi connectivity index (χ4n) is 3.01. The van der Waals surface area contributed by atoms with Gasteiger partial charge in [-0.3, -0.25) is 4.79 Å². The summed E-state index contributed by atoms with van der Waals surface area (Å²) < 4.78 is 5.29. The Labute approximate surface area is 184 Å². The zero-order chi connectivity index (χ0) is 18.7. The number of rotatable bonds is 16. The van der Waals surface area contributed by atoms with E-state index in [1.165, 1.54) is 70.6 Å². The molecule has 27 heavy (non-hydrogen) atoms. The van der Waals surface area contributed by atoms with Crippen LogP contribution < -0.4 is 4.74 Å². The Morgan fingerprint density at radius 1 is 0.778 bits per heavy atom. The number of unbranched alkanes of at least 4 members (excludes halogenated alkanes) is 11. The number of allylic oxidation sites excluding steroid dienone is 2. The summed E-state index contributed by atoms with van der Waals surface area (Å²) in [7, 11) is 0. The van der Waals surface area contributed by atoms with Crippen molar-refractivity contribution >= 4 is 29.9 Å². The summed E-state index contributed by atoms with van der Waals surface area (Å²) in [6.07, 6.45) is 21.7. The molecule has 0 spiro atoms. The van der Waals surface area contributed by atoms with Gasteiger partial charge in [0.15, 0.2) is 0 Å². The van der Waals surface area contributed by atoms with Crippen LogP contribution in [0, 0.1) is 0 Å². The standard InChI is InChI=1S/C24H38O2.Sn.2H/c1-2-3-4-5-6-7-8-9-10-11-12-13-14-15-19-22-24(25)26-23-20-17-16-18-21-23;;;/h9-10,16-18,20-21H,2-8,11-15,19,22H2,1H3;;;/b10-9-;;;. The summed E-state index contributed by atoms with van der Waals surface area (Å²) in [5, 5.41) is 0. The summed E-state index contributed by atoms with van der Waals surface area (Å²) in [5.41, 5.74) is 0. The quantitative estimate of drug-likeness (QED) is 0.0866. The van der Waals surface area contributed by atoms with Crippen LogP contribution in [-0.2, 0) is 4.79 Å². The van der Waals surface area contributed by atoms with E-state index in [9.17, 15) is 4.79 Å². The molecule has 0 saturated heterocycles. The van der Waals surface area contributed by atoms with Gasteiger partial charge in [-0.1, -0.05) is 88.6 Å². The van der Waals surface area contributed by atoms with E-state index in [1.807, 2.05) is 30.3 Å². The molecule has 0 aliphatic rings. The topological polar surface area (TPSA) is 26.3 Å². The third-order valence-electron chi connectivity index (χ3n) is 4.62. The van der Waals surface area contributed by atoms with E-state index in [2.05, 4.69) is 19.1 Å². The Morgan fingerprint density at radius 2 is 1.30 bits per heavy atom. The summed E-state index contributed by atoms with van der Waals surface area (Å²) in [5.74, 6) is 0.527. The van der Waals surface area contributed by atoms with Gasteiger partial charge in [-0.15, -0.1) is 0 Å². The average Bonchev–Trinajstić information content (AvgIpc) is 2.65. The number of benzene rings is 1. The van der Waals surface area contributed by atoms with Crippen LogP contribution in [0.3, 0.4) is 0 Å². The molecule has 1 aromatic rings. The van der Waals surface area contributed by atoms with Gasteiger partial charge in [-0.05, 0) is 44.2 Å². The summed E-state index contributed by atoms with van der Waals surface area (Å²) in [4.78, 5) is 11.7. The molecule has 0 fully saturated rings. The molecule has 0 aliphatic heterocycles. The molecule has 0 N–H and O–H groups in total. The van der Waals surface area contributed by atoms with Crippen molar-refractivity contribution in [2.24, 2.45) is 0 Å². The zero-order valence-corrected chi connectivity index (χ0v) is 21.5. The van der Waals surface area contributed by atoms with E-state index in [4.69, 9.17) is 4.74 Å². The van der Waals surface area contributed by atoms with Gasteiger partial charge in [-0.2, -0.15) is 0 Å².